The number of halogens is 2. The van der Waals surface area contributed by atoms with Gasteiger partial charge in [-0.05, 0) is 42.7 Å². The van der Waals surface area contributed by atoms with Crippen LogP contribution >= 0.6 is 34.5 Å². The average Bonchev–Trinajstić information content (AvgIpc) is 3.67. The zero-order valence-corrected chi connectivity index (χ0v) is 30.3. The van der Waals surface area contributed by atoms with Crippen LogP contribution in [0.15, 0.2) is 133 Å². The summed E-state index contributed by atoms with van der Waals surface area (Å²) in [6, 6.07) is 48.6. The summed E-state index contributed by atoms with van der Waals surface area (Å²) in [5.74, 6) is 0. The summed E-state index contributed by atoms with van der Waals surface area (Å²) in [5.41, 5.74) is 1.65. The van der Waals surface area contributed by atoms with E-state index in [1.807, 2.05) is 0 Å². The summed E-state index contributed by atoms with van der Waals surface area (Å²) in [5, 5.41) is 11.3. The van der Waals surface area contributed by atoms with Crippen molar-refractivity contribution in [2.24, 2.45) is 0 Å². The van der Waals surface area contributed by atoms with Gasteiger partial charge in [0.05, 0.1) is 0 Å². The van der Waals surface area contributed by atoms with Gasteiger partial charge in [0.1, 0.15) is 0 Å². The maximum absolute atomic E-state index is 4.89. The molecule has 0 aliphatic heterocycles. The van der Waals surface area contributed by atoms with E-state index in [-0.39, 0.29) is 7.92 Å². The monoisotopic (exact) mass is 676 g/mol. The molecule has 0 heterocycles. The van der Waals surface area contributed by atoms with Crippen molar-refractivity contribution in [1.82, 2.24) is 0 Å². The molecule has 0 aromatic heterocycles. The van der Waals surface area contributed by atoms with Gasteiger partial charge in [-0.1, -0.05) is 108 Å². The Bertz CT molecular complexity index is 1530. The van der Waals surface area contributed by atoms with Crippen molar-refractivity contribution in [3.05, 3.63) is 133 Å². The second kappa shape index (κ2) is 17.7. The number of rotatable bonds is 8. The number of benzene rings is 4. The Balaban J connectivity index is 0.000000184. The Kier molecular flexibility index (Phi) is 14.0. The second-order valence-electron chi connectivity index (χ2n) is 10.7. The molecular weight excluding hydrogens is 637 g/mol. The van der Waals surface area contributed by atoms with E-state index in [1.54, 1.807) is 5.30 Å². The van der Waals surface area contributed by atoms with Crippen LogP contribution in [0, 0.1) is 0 Å². The Hall–Kier alpha value is -1.75. The topological polar surface area (TPSA) is 0 Å². The fourth-order valence-electron chi connectivity index (χ4n) is 5.48. The normalized spacial score (nSPS) is 13.0. The molecule has 43 heavy (non-hydrogen) atoms. The van der Waals surface area contributed by atoms with Crippen molar-refractivity contribution in [3.8, 4) is 0 Å². The zero-order chi connectivity index (χ0) is 30.6. The molecule has 6 aromatic carbocycles. The number of hydrogen-bond acceptors (Lipinski definition) is 0. The largest absolute Gasteiger partial charge is 0.160 e. The molecule has 0 radical (unpaired) electrons. The molecule has 2 atom stereocenters. The molecule has 0 bridgehead atoms. The molecule has 6 rings (SSSR count). The van der Waals surface area contributed by atoms with Crippen molar-refractivity contribution in [1.29, 1.82) is 0 Å². The fraction of sp³-hybridized carbons (Fsp3) is 0.211. The Morgan fingerprint density at radius 1 is 0.581 bits per heavy atom. The fourth-order valence-corrected chi connectivity index (χ4v) is 11.1. The molecule has 0 saturated carbocycles. The smallest absolute Gasteiger partial charge is 0.0166 e. The third-order valence-electron chi connectivity index (χ3n) is 7.92. The van der Waals surface area contributed by atoms with Gasteiger partial charge in [-0.3, -0.25) is 0 Å². The Morgan fingerprint density at radius 3 is 1.37 bits per heavy atom. The van der Waals surface area contributed by atoms with E-state index < -0.39 is 25.0 Å². The number of hydrogen-bond donors (Lipinski definition) is 0. The van der Waals surface area contributed by atoms with Crippen LogP contribution in [0.3, 0.4) is 0 Å². The van der Waals surface area contributed by atoms with Crippen LogP contribution in [0.2, 0.25) is 0 Å². The first kappa shape index (κ1) is 34.1. The first-order chi connectivity index (χ1) is 21.0. The van der Waals surface area contributed by atoms with Gasteiger partial charge >= 0.3 is 35.6 Å². The average molecular weight is 677 g/mol. The van der Waals surface area contributed by atoms with E-state index in [4.69, 9.17) is 18.6 Å². The molecule has 0 aliphatic rings. The van der Waals surface area contributed by atoms with Crippen LogP contribution in [0.1, 0.15) is 40.5 Å². The maximum Gasteiger partial charge on any atom is -0.0166 e. The summed E-state index contributed by atoms with van der Waals surface area (Å²) >= 11 is -0.556. The van der Waals surface area contributed by atoms with Crippen LogP contribution in [0.25, 0.3) is 21.5 Å². The molecule has 0 N–H and O–H groups in total. The molecular formula is C38H40Cl2P2Ti-2. The van der Waals surface area contributed by atoms with E-state index in [0.29, 0.717) is 0 Å². The summed E-state index contributed by atoms with van der Waals surface area (Å²) in [7, 11) is 9.26. The molecule has 0 aliphatic carbocycles. The van der Waals surface area contributed by atoms with Crippen molar-refractivity contribution in [2.75, 3.05) is 0 Å². The summed E-state index contributed by atoms with van der Waals surface area (Å²) < 4.78 is 0. The van der Waals surface area contributed by atoms with Gasteiger partial charge in [0, 0.05) is 0 Å². The predicted octanol–water partition coefficient (Wildman–Crippen LogP) is 11.0. The van der Waals surface area contributed by atoms with Crippen molar-refractivity contribution >= 4 is 77.2 Å². The van der Waals surface area contributed by atoms with Crippen LogP contribution in [-0.2, 0) is 17.0 Å². The molecule has 0 spiro atoms. The quantitative estimate of drug-likeness (QED) is 0.0855. The summed E-state index contributed by atoms with van der Waals surface area (Å²) in [6.45, 7) is 9.50. The van der Waals surface area contributed by atoms with Gasteiger partial charge in [0.2, 0.25) is 0 Å². The van der Waals surface area contributed by atoms with Gasteiger partial charge in [-0.25, -0.2) is 0 Å². The van der Waals surface area contributed by atoms with Crippen LogP contribution in [0.4, 0.5) is 0 Å². The first-order valence-corrected chi connectivity index (χ1v) is 22.1. The third kappa shape index (κ3) is 9.15. The van der Waals surface area contributed by atoms with E-state index in [2.05, 4.69) is 161 Å². The van der Waals surface area contributed by atoms with Gasteiger partial charge in [-0.15, -0.1) is 80.7 Å². The van der Waals surface area contributed by atoms with E-state index in [9.17, 15) is 0 Å². The third-order valence-corrected chi connectivity index (χ3v) is 13.8. The standard InChI is InChI=1S/C21H16P.C17H24P.2ClH.Ti/c1-3-11-19(12-4-1)22(20-13-5-2-6-14-20)21-15-17-9-7-8-10-18(17)16-21;1-5-13(3)18(14(4)6-2)17-11-15-9-7-8-10-16(15)12-17;;;/h1-16H;7-14H,5-6H2,1-4H3;2*1H;/q2*-1;;;+2/p-2. The van der Waals surface area contributed by atoms with Gasteiger partial charge < -0.3 is 0 Å². The minimum Gasteiger partial charge on any atom is -0.160 e. The van der Waals surface area contributed by atoms with Crippen LogP contribution in [0.5, 0.6) is 0 Å². The first-order valence-electron chi connectivity index (χ1n) is 15.0. The Labute approximate surface area is 277 Å². The minimum atomic E-state index is -0.556. The van der Waals surface area contributed by atoms with Gasteiger partial charge in [0.25, 0.3) is 0 Å². The van der Waals surface area contributed by atoms with Crippen molar-refractivity contribution < 1.29 is 17.0 Å². The maximum atomic E-state index is 4.89. The predicted molar refractivity (Wildman–Crippen MR) is 196 cm³/mol. The molecule has 222 valence electrons. The zero-order valence-electron chi connectivity index (χ0n) is 25.4. The molecule has 5 heteroatoms. The SMILES string of the molecule is CCC(C)P(c1cc2ccccc2[cH-]1)C(C)CC.[Cl][Ti][Cl].c1ccc(P(c2ccccc2)c2cc3ccccc3[cH-]2)cc1. The molecule has 0 fully saturated rings. The minimum absolute atomic E-state index is 0.0252. The number of fused-ring (bicyclic) bond motifs is 2. The summed E-state index contributed by atoms with van der Waals surface area (Å²) in [4.78, 5) is 0. The molecule has 0 nitrogen and oxygen atoms in total. The van der Waals surface area contributed by atoms with E-state index >= 15 is 0 Å². The second-order valence-corrected chi connectivity index (χ2v) is 18.6. The van der Waals surface area contributed by atoms with Gasteiger partial charge in [-0.2, -0.15) is 12.1 Å². The molecule has 6 aromatic rings. The van der Waals surface area contributed by atoms with Crippen molar-refractivity contribution in [3.63, 3.8) is 0 Å². The van der Waals surface area contributed by atoms with E-state index in [0.717, 1.165) is 11.3 Å². The van der Waals surface area contributed by atoms with Crippen LogP contribution < -0.4 is 21.2 Å². The van der Waals surface area contributed by atoms with Gasteiger partial charge in [0.15, 0.2) is 0 Å². The van der Waals surface area contributed by atoms with Crippen LogP contribution in [-0.4, -0.2) is 11.3 Å². The molecule has 0 amide bonds. The molecule has 2 unspecified atom stereocenters. The van der Waals surface area contributed by atoms with E-state index in [1.165, 1.54) is 50.3 Å². The van der Waals surface area contributed by atoms with Crippen molar-refractivity contribution in [2.45, 2.75) is 51.9 Å². The Morgan fingerprint density at radius 2 is 0.953 bits per heavy atom. The molecule has 0 saturated heterocycles. The summed E-state index contributed by atoms with van der Waals surface area (Å²) in [6.07, 6.45) is 2.58.